The van der Waals surface area contributed by atoms with E-state index in [0.29, 0.717) is 13.1 Å². The van der Waals surface area contributed by atoms with Crippen molar-refractivity contribution in [2.45, 2.75) is 24.9 Å². The Morgan fingerprint density at radius 3 is 2.67 bits per heavy atom. The van der Waals surface area contributed by atoms with E-state index in [0.717, 1.165) is 33.8 Å². The van der Waals surface area contributed by atoms with Gasteiger partial charge in [0.1, 0.15) is 6.10 Å². The Balaban J connectivity index is 1.95. The Morgan fingerprint density at radius 2 is 2.12 bits per heavy atom. The lowest BCUT2D eigenvalue weighted by molar-refractivity contribution is 0.131. The monoisotopic (exact) mass is 367 g/mol. The average Bonchev–Trinajstić information content (AvgIpc) is 3.22. The molecule has 1 fully saturated rings. The van der Waals surface area contributed by atoms with E-state index in [1.54, 1.807) is 29.7 Å². The highest BCUT2D eigenvalue weighted by Gasteiger charge is 2.30. The molecule has 1 saturated heterocycles. The minimum atomic E-state index is -0.854. The molecular formula is C16H21N3O3S2. The molecule has 2 aromatic heterocycles. The van der Waals surface area contributed by atoms with E-state index in [2.05, 4.69) is 4.99 Å². The third-order valence-corrected chi connectivity index (χ3v) is 6.65. The van der Waals surface area contributed by atoms with Gasteiger partial charge in [-0.15, -0.1) is 11.3 Å². The number of rotatable bonds is 3. The maximum absolute atomic E-state index is 11.1. The second kappa shape index (κ2) is 7.08. The molecular weight excluding hydrogens is 346 g/mol. The summed E-state index contributed by atoms with van der Waals surface area (Å²) in [5.74, 6) is 0.260. The molecule has 0 spiro atoms. The summed E-state index contributed by atoms with van der Waals surface area (Å²) in [5, 5.41) is 23.9. The first-order chi connectivity index (χ1) is 11.5. The van der Waals surface area contributed by atoms with E-state index >= 15 is 0 Å². The van der Waals surface area contributed by atoms with Crippen LogP contribution in [0.4, 0.5) is 4.79 Å². The number of carbonyl (C=O) groups is 1. The Morgan fingerprint density at radius 1 is 1.42 bits per heavy atom. The number of hydrogen-bond donors (Lipinski definition) is 2. The first kappa shape index (κ1) is 17.2. The van der Waals surface area contributed by atoms with E-state index in [1.807, 2.05) is 28.4 Å². The molecule has 130 valence electrons. The standard InChI is InChI=1S/C16H21N3O3S2/c1-17-15-18(2)12(13(20)11-5-8-23-9-11)14(24-15)10-3-6-19(7-4-10)16(21)22/h5,8-10,13,20H,3-4,6-7H2,1-2H3,(H,21,22)/b17-15-. The number of hydrogen-bond acceptors (Lipinski definition) is 5. The second-order valence-electron chi connectivity index (χ2n) is 5.92. The van der Waals surface area contributed by atoms with Crippen LogP contribution in [0.2, 0.25) is 0 Å². The van der Waals surface area contributed by atoms with Crippen LogP contribution in [0.25, 0.3) is 0 Å². The molecule has 3 heterocycles. The molecule has 1 unspecified atom stereocenters. The summed E-state index contributed by atoms with van der Waals surface area (Å²) in [6, 6.07) is 1.94. The van der Waals surface area contributed by atoms with E-state index in [1.165, 1.54) is 4.90 Å². The van der Waals surface area contributed by atoms with Crippen molar-refractivity contribution in [1.82, 2.24) is 9.47 Å². The number of thiazole rings is 1. The maximum Gasteiger partial charge on any atom is 0.407 e. The SMILES string of the molecule is C/N=c1\sc(C2CCN(C(=O)O)CC2)c(C(O)c2ccsc2)n1C. The Kier molecular flexibility index (Phi) is 5.07. The summed E-state index contributed by atoms with van der Waals surface area (Å²) in [7, 11) is 3.68. The van der Waals surface area contributed by atoms with Crippen LogP contribution in [-0.4, -0.2) is 45.9 Å². The van der Waals surface area contributed by atoms with Crippen LogP contribution in [-0.2, 0) is 7.05 Å². The van der Waals surface area contributed by atoms with Crippen LogP contribution < -0.4 is 4.80 Å². The lowest BCUT2D eigenvalue weighted by Crippen LogP contribution is -2.36. The van der Waals surface area contributed by atoms with Crippen molar-refractivity contribution in [3.63, 3.8) is 0 Å². The summed E-state index contributed by atoms with van der Waals surface area (Å²) in [6.07, 6.45) is 0.0204. The lowest BCUT2D eigenvalue weighted by atomic mass is 9.92. The van der Waals surface area contributed by atoms with Crippen molar-refractivity contribution in [3.05, 3.63) is 37.8 Å². The molecule has 0 radical (unpaired) electrons. The quantitative estimate of drug-likeness (QED) is 0.875. The van der Waals surface area contributed by atoms with Gasteiger partial charge < -0.3 is 19.7 Å². The van der Waals surface area contributed by atoms with E-state index in [-0.39, 0.29) is 5.92 Å². The normalized spacial score (nSPS) is 18.1. The van der Waals surface area contributed by atoms with Gasteiger partial charge in [0.25, 0.3) is 0 Å². The molecule has 6 nitrogen and oxygen atoms in total. The van der Waals surface area contributed by atoms with Crippen LogP contribution in [0.5, 0.6) is 0 Å². The van der Waals surface area contributed by atoms with Crippen molar-refractivity contribution >= 4 is 28.8 Å². The Hall–Kier alpha value is -1.64. The van der Waals surface area contributed by atoms with Gasteiger partial charge in [0, 0.05) is 32.1 Å². The number of carboxylic acid groups (broad SMARTS) is 1. The topological polar surface area (TPSA) is 78.1 Å². The Bertz CT molecular complexity index is 771. The van der Waals surface area contributed by atoms with Crippen molar-refractivity contribution in [2.24, 2.45) is 12.0 Å². The van der Waals surface area contributed by atoms with Gasteiger partial charge >= 0.3 is 6.09 Å². The minimum Gasteiger partial charge on any atom is -0.465 e. The van der Waals surface area contributed by atoms with Crippen LogP contribution in [0, 0.1) is 0 Å². The summed E-state index contributed by atoms with van der Waals surface area (Å²) in [6.45, 7) is 1.07. The number of aliphatic hydroxyl groups excluding tert-OH is 1. The van der Waals surface area contributed by atoms with Gasteiger partial charge in [-0.1, -0.05) is 0 Å². The van der Waals surface area contributed by atoms with Crippen LogP contribution in [0.15, 0.2) is 21.8 Å². The molecule has 2 N–H and O–H groups in total. The molecule has 8 heteroatoms. The van der Waals surface area contributed by atoms with Gasteiger partial charge in [0.15, 0.2) is 4.80 Å². The van der Waals surface area contributed by atoms with E-state index in [9.17, 15) is 9.90 Å². The predicted molar refractivity (Wildman–Crippen MR) is 94.7 cm³/mol. The molecule has 0 saturated carbocycles. The number of amides is 1. The number of likely N-dealkylation sites (tertiary alicyclic amines) is 1. The molecule has 1 amide bonds. The van der Waals surface area contributed by atoms with Crippen LogP contribution in [0.3, 0.4) is 0 Å². The second-order valence-corrected chi connectivity index (χ2v) is 7.71. The molecule has 0 aliphatic carbocycles. The van der Waals surface area contributed by atoms with E-state index < -0.39 is 12.2 Å². The van der Waals surface area contributed by atoms with Crippen LogP contribution >= 0.6 is 22.7 Å². The lowest BCUT2D eigenvalue weighted by Gasteiger charge is -2.30. The zero-order valence-electron chi connectivity index (χ0n) is 13.7. The van der Waals surface area contributed by atoms with Gasteiger partial charge in [-0.3, -0.25) is 4.99 Å². The van der Waals surface area contributed by atoms with Crippen molar-refractivity contribution in [2.75, 3.05) is 20.1 Å². The summed E-state index contributed by atoms with van der Waals surface area (Å²) in [4.78, 5) is 18.9. The number of aromatic nitrogens is 1. The van der Waals surface area contributed by atoms with Crippen molar-refractivity contribution in [3.8, 4) is 0 Å². The average molecular weight is 367 g/mol. The van der Waals surface area contributed by atoms with Crippen molar-refractivity contribution < 1.29 is 15.0 Å². The molecule has 0 bridgehead atoms. The largest absolute Gasteiger partial charge is 0.465 e. The predicted octanol–water partition coefficient (Wildman–Crippen LogP) is 2.62. The highest BCUT2D eigenvalue weighted by molar-refractivity contribution is 7.09. The highest BCUT2D eigenvalue weighted by atomic mass is 32.1. The third-order valence-electron chi connectivity index (χ3n) is 4.55. The summed E-state index contributed by atoms with van der Waals surface area (Å²) < 4.78 is 1.96. The fourth-order valence-corrected chi connectivity index (χ4v) is 5.17. The fourth-order valence-electron chi connectivity index (χ4n) is 3.22. The molecule has 1 atom stereocenters. The molecule has 0 aromatic carbocycles. The van der Waals surface area contributed by atoms with Gasteiger partial charge in [0.05, 0.1) is 5.69 Å². The zero-order valence-corrected chi connectivity index (χ0v) is 15.3. The van der Waals surface area contributed by atoms with E-state index in [4.69, 9.17) is 5.11 Å². The number of aliphatic hydroxyl groups is 1. The van der Waals surface area contributed by atoms with Crippen LogP contribution in [0.1, 0.15) is 41.0 Å². The third kappa shape index (κ3) is 3.13. The number of piperidine rings is 1. The smallest absolute Gasteiger partial charge is 0.407 e. The van der Waals surface area contributed by atoms with Crippen molar-refractivity contribution in [1.29, 1.82) is 0 Å². The number of nitrogens with zero attached hydrogens (tertiary/aromatic N) is 3. The molecule has 1 aliphatic rings. The molecule has 1 aliphatic heterocycles. The molecule has 24 heavy (non-hydrogen) atoms. The molecule has 3 rings (SSSR count). The van der Waals surface area contributed by atoms with Gasteiger partial charge in [0.2, 0.25) is 0 Å². The fraction of sp³-hybridized carbons (Fsp3) is 0.500. The zero-order chi connectivity index (χ0) is 17.3. The molecule has 2 aromatic rings. The summed E-state index contributed by atoms with van der Waals surface area (Å²) in [5.41, 5.74) is 1.77. The summed E-state index contributed by atoms with van der Waals surface area (Å²) >= 11 is 3.17. The van der Waals surface area contributed by atoms with Gasteiger partial charge in [-0.25, -0.2) is 4.79 Å². The Labute approximate surface area is 148 Å². The highest BCUT2D eigenvalue weighted by Crippen LogP contribution is 2.37. The van der Waals surface area contributed by atoms with Gasteiger partial charge in [-0.05, 0) is 41.1 Å². The minimum absolute atomic E-state index is 0.260. The number of thiophene rings is 1. The maximum atomic E-state index is 11.1. The first-order valence-electron chi connectivity index (χ1n) is 7.83. The van der Waals surface area contributed by atoms with Gasteiger partial charge in [-0.2, -0.15) is 11.3 Å². The first-order valence-corrected chi connectivity index (χ1v) is 9.59.